The first-order chi connectivity index (χ1) is 16.0. The molecule has 2 N–H and O–H groups in total. The van der Waals surface area contributed by atoms with E-state index in [1.807, 2.05) is 26.1 Å². The monoisotopic (exact) mass is 454 g/mol. The molecule has 1 aromatic heterocycles. The van der Waals surface area contributed by atoms with Crippen molar-refractivity contribution in [1.29, 1.82) is 0 Å². The highest BCUT2D eigenvalue weighted by Gasteiger charge is 2.37. The van der Waals surface area contributed by atoms with Gasteiger partial charge in [-0.3, -0.25) is 4.90 Å². The molecule has 0 saturated heterocycles. The smallest absolute Gasteiger partial charge is 0.342 e. The van der Waals surface area contributed by atoms with Crippen LogP contribution in [0, 0.1) is 0 Å². The zero-order valence-electron chi connectivity index (χ0n) is 18.8. The minimum Gasteiger partial charge on any atom is -0.496 e. The molecule has 0 spiro atoms. The van der Waals surface area contributed by atoms with E-state index in [-0.39, 0.29) is 20.0 Å². The number of likely N-dealkylation sites (N-methyl/N-ethyl adjacent to an activating group) is 1. The lowest BCUT2D eigenvalue weighted by atomic mass is 9.89. The molecule has 3 aliphatic rings. The number of rotatable bonds is 6. The molecule has 1 aromatic carbocycles. The third-order valence-electron chi connectivity index (χ3n) is 6.18. The summed E-state index contributed by atoms with van der Waals surface area (Å²) in [7, 11) is 3.48. The second-order valence-corrected chi connectivity index (χ2v) is 8.13. The fourth-order valence-electron chi connectivity index (χ4n) is 4.50. The molecule has 0 saturated carbocycles. The van der Waals surface area contributed by atoms with Gasteiger partial charge in [0.1, 0.15) is 30.3 Å². The zero-order chi connectivity index (χ0) is 23.1. The van der Waals surface area contributed by atoms with Crippen molar-refractivity contribution < 1.29 is 32.9 Å². The maximum Gasteiger partial charge on any atom is 0.342 e. The number of fused-ring (bicyclic) bond motifs is 2. The van der Waals surface area contributed by atoms with E-state index in [2.05, 4.69) is 4.90 Å². The van der Waals surface area contributed by atoms with Gasteiger partial charge in [-0.15, -0.1) is 0 Å². The summed E-state index contributed by atoms with van der Waals surface area (Å²) >= 11 is 0. The van der Waals surface area contributed by atoms with Crippen LogP contribution in [0.5, 0.6) is 17.2 Å². The minimum absolute atomic E-state index is 0.0739. The summed E-state index contributed by atoms with van der Waals surface area (Å²) in [5.41, 5.74) is 10.6. The largest absolute Gasteiger partial charge is 0.496 e. The fourth-order valence-corrected chi connectivity index (χ4v) is 4.50. The molecule has 0 amide bonds. The van der Waals surface area contributed by atoms with Crippen LogP contribution in [0.4, 0.5) is 0 Å². The summed E-state index contributed by atoms with van der Waals surface area (Å²) < 4.78 is 34.2. The molecular weight excluding hydrogens is 428 g/mol. The highest BCUT2D eigenvalue weighted by Crippen LogP contribution is 2.54. The van der Waals surface area contributed by atoms with E-state index in [0.717, 1.165) is 35.2 Å². The lowest BCUT2D eigenvalue weighted by molar-refractivity contribution is -0.136. The summed E-state index contributed by atoms with van der Waals surface area (Å²) in [6, 6.07) is 3.73. The van der Waals surface area contributed by atoms with Gasteiger partial charge >= 0.3 is 5.97 Å². The van der Waals surface area contributed by atoms with Crippen LogP contribution in [0.3, 0.4) is 0 Å². The summed E-state index contributed by atoms with van der Waals surface area (Å²) in [6.07, 6.45) is 3.69. The Kier molecular flexibility index (Phi) is 5.51. The second-order valence-electron chi connectivity index (χ2n) is 8.13. The van der Waals surface area contributed by atoms with Gasteiger partial charge in [0.2, 0.25) is 12.5 Å². The Bertz CT molecular complexity index is 1150. The van der Waals surface area contributed by atoms with Gasteiger partial charge in [0, 0.05) is 12.1 Å². The number of nitrogens with two attached hydrogens (primary N) is 1. The van der Waals surface area contributed by atoms with Gasteiger partial charge in [0.25, 0.3) is 0 Å². The number of hydrogen-bond donors (Lipinski definition) is 1. The Hall–Kier alpha value is -3.43. The third-order valence-corrected chi connectivity index (χ3v) is 6.18. The first-order valence-corrected chi connectivity index (χ1v) is 10.7. The first-order valence-electron chi connectivity index (χ1n) is 10.7. The van der Waals surface area contributed by atoms with Gasteiger partial charge in [0.15, 0.2) is 11.5 Å². The number of carbonyl (C=O) groups excluding carboxylic acids is 1. The molecule has 9 heteroatoms. The standard InChI is InChI=1S/C24H26N2O7/c1-13-11-31-24(27)17(13)15(28-3)7-10-30-21-19-14(6-8-26(2)23(19)25)18(16-5-4-9-29-16)20-22(21)33-12-32-20/h4-5,7,9,23H,6,8,10-12,25H2,1-3H3/b15-7+. The quantitative estimate of drug-likeness (QED) is 0.521. The van der Waals surface area contributed by atoms with E-state index in [4.69, 9.17) is 33.8 Å². The molecule has 0 aliphatic carbocycles. The van der Waals surface area contributed by atoms with Crippen LogP contribution in [0.25, 0.3) is 11.3 Å². The van der Waals surface area contributed by atoms with Crippen molar-refractivity contribution in [3.8, 4) is 28.6 Å². The maximum atomic E-state index is 12.1. The molecule has 9 nitrogen and oxygen atoms in total. The third kappa shape index (κ3) is 3.53. The van der Waals surface area contributed by atoms with E-state index in [1.54, 1.807) is 12.3 Å². The van der Waals surface area contributed by atoms with Crippen LogP contribution in [0.1, 0.15) is 24.2 Å². The molecular formula is C24H26N2O7. The van der Waals surface area contributed by atoms with E-state index in [0.29, 0.717) is 34.3 Å². The van der Waals surface area contributed by atoms with Crippen LogP contribution < -0.4 is 19.9 Å². The van der Waals surface area contributed by atoms with E-state index in [9.17, 15) is 4.79 Å². The summed E-state index contributed by atoms with van der Waals surface area (Å²) in [4.78, 5) is 14.1. The Balaban J connectivity index is 1.57. The van der Waals surface area contributed by atoms with Crippen molar-refractivity contribution in [2.24, 2.45) is 5.73 Å². The topological polar surface area (TPSA) is 106 Å². The molecule has 0 bridgehead atoms. The number of hydrogen-bond acceptors (Lipinski definition) is 9. The Morgan fingerprint density at radius 1 is 1.30 bits per heavy atom. The number of benzene rings is 1. The molecule has 33 heavy (non-hydrogen) atoms. The highest BCUT2D eigenvalue weighted by molar-refractivity contribution is 5.95. The summed E-state index contributed by atoms with van der Waals surface area (Å²) in [5, 5.41) is 0. The van der Waals surface area contributed by atoms with Gasteiger partial charge < -0.3 is 33.8 Å². The predicted octanol–water partition coefficient (Wildman–Crippen LogP) is 2.90. The first kappa shape index (κ1) is 21.4. The maximum absolute atomic E-state index is 12.1. The molecule has 1 atom stereocenters. The van der Waals surface area contributed by atoms with Crippen molar-refractivity contribution in [3.63, 3.8) is 0 Å². The van der Waals surface area contributed by atoms with E-state index < -0.39 is 12.1 Å². The Morgan fingerprint density at radius 2 is 2.12 bits per heavy atom. The van der Waals surface area contributed by atoms with Crippen molar-refractivity contribution in [2.75, 3.05) is 40.7 Å². The van der Waals surface area contributed by atoms with Crippen LogP contribution in [-0.2, 0) is 20.7 Å². The molecule has 1 unspecified atom stereocenters. The fraction of sp³-hybridized carbons (Fsp3) is 0.375. The zero-order valence-corrected chi connectivity index (χ0v) is 18.8. The minimum atomic E-state index is -0.401. The number of cyclic esters (lactones) is 1. The number of ether oxygens (including phenoxy) is 5. The van der Waals surface area contributed by atoms with Gasteiger partial charge in [-0.05, 0) is 49.7 Å². The van der Waals surface area contributed by atoms with Crippen LogP contribution in [0.2, 0.25) is 0 Å². The summed E-state index contributed by atoms with van der Waals surface area (Å²) in [5.74, 6) is 2.31. The van der Waals surface area contributed by atoms with Crippen molar-refractivity contribution >= 4 is 5.97 Å². The summed E-state index contributed by atoms with van der Waals surface area (Å²) in [6.45, 7) is 3.09. The van der Waals surface area contributed by atoms with E-state index >= 15 is 0 Å². The van der Waals surface area contributed by atoms with Crippen LogP contribution in [-0.4, -0.2) is 51.6 Å². The average Bonchev–Trinajstić information content (AvgIpc) is 3.56. The number of methoxy groups -OCH3 is 1. The number of nitrogens with zero attached hydrogens (tertiary/aromatic N) is 1. The normalized spacial score (nSPS) is 20.2. The molecule has 4 heterocycles. The molecule has 0 fully saturated rings. The lowest BCUT2D eigenvalue weighted by Gasteiger charge is -2.34. The van der Waals surface area contributed by atoms with Crippen molar-refractivity contribution in [3.05, 3.63) is 52.5 Å². The van der Waals surface area contributed by atoms with Gasteiger partial charge in [-0.1, -0.05) is 0 Å². The van der Waals surface area contributed by atoms with Gasteiger partial charge in [-0.2, -0.15) is 0 Å². The van der Waals surface area contributed by atoms with E-state index in [1.165, 1.54) is 7.11 Å². The Morgan fingerprint density at radius 3 is 2.82 bits per heavy atom. The molecule has 174 valence electrons. The van der Waals surface area contributed by atoms with Crippen molar-refractivity contribution in [2.45, 2.75) is 19.5 Å². The molecule has 5 rings (SSSR count). The SMILES string of the molecule is CO/C(=C/COc1c2c(c(-c3ccco3)c3c1C(N)N(C)CC3)OCO2)C1=C(C)COC1=O. The molecule has 0 radical (unpaired) electrons. The second kappa shape index (κ2) is 8.49. The number of carbonyl (C=O) groups is 1. The van der Waals surface area contributed by atoms with Crippen LogP contribution >= 0.6 is 0 Å². The van der Waals surface area contributed by atoms with Crippen molar-refractivity contribution in [1.82, 2.24) is 4.90 Å². The Labute approximate surface area is 191 Å². The molecule has 2 aromatic rings. The van der Waals surface area contributed by atoms with Gasteiger partial charge in [-0.25, -0.2) is 4.79 Å². The highest BCUT2D eigenvalue weighted by atomic mass is 16.7. The van der Waals surface area contributed by atoms with Gasteiger partial charge in [0.05, 0.1) is 25.1 Å². The number of furan rings is 1. The average molecular weight is 454 g/mol. The lowest BCUT2D eigenvalue weighted by Crippen LogP contribution is -2.38. The number of esters is 1. The van der Waals surface area contributed by atoms with Crippen LogP contribution in [0.15, 0.2) is 45.8 Å². The molecule has 3 aliphatic heterocycles. The predicted molar refractivity (Wildman–Crippen MR) is 118 cm³/mol.